The van der Waals surface area contributed by atoms with Crippen molar-refractivity contribution in [1.82, 2.24) is 4.90 Å². The molecule has 3 fully saturated rings. The van der Waals surface area contributed by atoms with Gasteiger partial charge in [-0.15, -0.1) is 0 Å². The molecule has 0 N–H and O–H groups in total. The predicted molar refractivity (Wildman–Crippen MR) is 93.6 cm³/mol. The number of nitrogens with zero attached hydrogens (tertiary/aromatic N) is 1. The quantitative estimate of drug-likeness (QED) is 0.832. The fourth-order valence-electron chi connectivity index (χ4n) is 5.90. The Morgan fingerprint density at radius 3 is 2.88 bits per heavy atom. The number of carbonyl (C=O) groups excluding carboxylic acids is 2. The number of hydrogen-bond acceptors (Lipinski definition) is 3. The van der Waals surface area contributed by atoms with Crippen molar-refractivity contribution in [3.8, 4) is 5.75 Å². The van der Waals surface area contributed by atoms with Gasteiger partial charge in [-0.1, -0.05) is 12.1 Å². The molecule has 5 rings (SSSR count). The molecule has 2 saturated carbocycles. The lowest BCUT2D eigenvalue weighted by Gasteiger charge is -2.58. The number of fused-ring (bicyclic) bond motifs is 1. The first kappa shape index (κ1) is 15.4. The summed E-state index contributed by atoms with van der Waals surface area (Å²) in [5.41, 5.74) is 2.43. The minimum absolute atomic E-state index is 0.124. The van der Waals surface area contributed by atoms with Crippen molar-refractivity contribution < 1.29 is 14.3 Å². The average Bonchev–Trinajstić information content (AvgIpc) is 3.45. The molecule has 1 saturated heterocycles. The molecule has 1 aromatic rings. The summed E-state index contributed by atoms with van der Waals surface area (Å²) in [6.07, 6.45) is 6.11. The SMILES string of the molecule is COc1cccc2c1[C@]13CCN(C(=O)C4CC4)[C@H](C2)[C@@H]1CCC(=O)C3. The van der Waals surface area contributed by atoms with Gasteiger partial charge < -0.3 is 9.64 Å². The van der Waals surface area contributed by atoms with E-state index in [-0.39, 0.29) is 17.4 Å². The molecule has 4 aliphatic rings. The Balaban J connectivity index is 1.64. The third-order valence-electron chi connectivity index (χ3n) is 7.09. The maximum absolute atomic E-state index is 12.9. The van der Waals surface area contributed by atoms with Crippen LogP contribution in [0, 0.1) is 11.8 Å². The molecule has 3 atom stereocenters. The van der Waals surface area contributed by atoms with Gasteiger partial charge in [-0.05, 0) is 49.7 Å². The number of likely N-dealkylation sites (tertiary alicyclic amines) is 1. The van der Waals surface area contributed by atoms with E-state index in [9.17, 15) is 9.59 Å². The van der Waals surface area contributed by atoms with Crippen molar-refractivity contribution >= 4 is 11.7 Å². The first-order valence-corrected chi connectivity index (χ1v) is 9.62. The van der Waals surface area contributed by atoms with Crippen molar-refractivity contribution in [2.45, 2.75) is 56.4 Å². The Kier molecular flexibility index (Phi) is 3.28. The first-order chi connectivity index (χ1) is 12.1. The van der Waals surface area contributed by atoms with Crippen molar-refractivity contribution in [2.24, 2.45) is 11.8 Å². The van der Waals surface area contributed by atoms with Crippen molar-refractivity contribution in [1.29, 1.82) is 0 Å². The second-order valence-electron chi connectivity index (χ2n) is 8.34. The maximum atomic E-state index is 12.9. The van der Waals surface area contributed by atoms with Crippen LogP contribution in [-0.2, 0) is 21.4 Å². The molecule has 25 heavy (non-hydrogen) atoms. The molecule has 0 radical (unpaired) electrons. The van der Waals surface area contributed by atoms with Gasteiger partial charge in [-0.2, -0.15) is 0 Å². The van der Waals surface area contributed by atoms with Gasteiger partial charge in [0.05, 0.1) is 7.11 Å². The number of ketones is 1. The lowest BCUT2D eigenvalue weighted by atomic mass is 9.52. The summed E-state index contributed by atoms with van der Waals surface area (Å²) in [6.45, 7) is 0.793. The molecule has 0 spiro atoms. The molecule has 4 nitrogen and oxygen atoms in total. The van der Waals surface area contributed by atoms with Crippen LogP contribution in [0.1, 0.15) is 49.7 Å². The molecule has 1 heterocycles. The summed E-state index contributed by atoms with van der Waals surface area (Å²) in [5.74, 6) is 2.32. The third-order valence-corrected chi connectivity index (χ3v) is 7.09. The van der Waals surface area contributed by atoms with Gasteiger partial charge in [0.15, 0.2) is 0 Å². The number of hydrogen-bond donors (Lipinski definition) is 0. The highest BCUT2D eigenvalue weighted by Crippen LogP contribution is 2.57. The van der Waals surface area contributed by atoms with E-state index < -0.39 is 0 Å². The van der Waals surface area contributed by atoms with Gasteiger partial charge >= 0.3 is 0 Å². The zero-order chi connectivity index (χ0) is 17.2. The highest BCUT2D eigenvalue weighted by Gasteiger charge is 2.58. The minimum atomic E-state index is -0.124. The van der Waals surface area contributed by atoms with Crippen LogP contribution in [0.15, 0.2) is 18.2 Å². The molecule has 1 aromatic carbocycles. The van der Waals surface area contributed by atoms with E-state index in [4.69, 9.17) is 4.74 Å². The number of Topliss-reactive ketones (excluding diaryl/α,β-unsaturated/α-hetero) is 1. The van der Waals surface area contributed by atoms with E-state index in [2.05, 4.69) is 11.0 Å². The largest absolute Gasteiger partial charge is 0.496 e. The average molecular weight is 339 g/mol. The maximum Gasteiger partial charge on any atom is 0.225 e. The van der Waals surface area contributed by atoms with Gasteiger partial charge in [0.1, 0.15) is 11.5 Å². The Bertz CT molecular complexity index is 754. The summed E-state index contributed by atoms with van der Waals surface area (Å²) in [4.78, 5) is 27.5. The number of benzene rings is 1. The summed E-state index contributed by atoms with van der Waals surface area (Å²) in [5, 5.41) is 0. The Labute approximate surface area is 148 Å². The lowest BCUT2D eigenvalue weighted by Crippen LogP contribution is -2.63. The van der Waals surface area contributed by atoms with Crippen molar-refractivity contribution in [3.63, 3.8) is 0 Å². The number of piperidine rings is 1. The highest BCUT2D eigenvalue weighted by molar-refractivity contribution is 5.84. The number of carbonyl (C=O) groups is 2. The normalized spacial score (nSPS) is 33.5. The second-order valence-corrected chi connectivity index (χ2v) is 8.34. The first-order valence-electron chi connectivity index (χ1n) is 9.62. The van der Waals surface area contributed by atoms with E-state index in [1.165, 1.54) is 11.1 Å². The molecule has 4 heteroatoms. The zero-order valence-corrected chi connectivity index (χ0v) is 14.8. The Morgan fingerprint density at radius 1 is 1.28 bits per heavy atom. The molecule has 132 valence electrons. The summed E-state index contributed by atoms with van der Waals surface area (Å²) in [7, 11) is 1.73. The van der Waals surface area contributed by atoms with Crippen molar-refractivity contribution in [3.05, 3.63) is 29.3 Å². The van der Waals surface area contributed by atoms with Crippen LogP contribution in [-0.4, -0.2) is 36.3 Å². The van der Waals surface area contributed by atoms with Crippen LogP contribution in [0.25, 0.3) is 0 Å². The van der Waals surface area contributed by atoms with Crippen molar-refractivity contribution in [2.75, 3.05) is 13.7 Å². The van der Waals surface area contributed by atoms with Gasteiger partial charge in [-0.25, -0.2) is 0 Å². The van der Waals surface area contributed by atoms with Crippen LogP contribution in [0.5, 0.6) is 5.75 Å². The van der Waals surface area contributed by atoms with Crippen LogP contribution < -0.4 is 4.74 Å². The smallest absolute Gasteiger partial charge is 0.225 e. The predicted octanol–water partition coefficient (Wildman–Crippen LogP) is 2.87. The number of ether oxygens (including phenoxy) is 1. The van der Waals surface area contributed by atoms with E-state index in [1.807, 2.05) is 12.1 Å². The number of methoxy groups -OCH3 is 1. The third kappa shape index (κ3) is 2.12. The van der Waals surface area contributed by atoms with Gasteiger partial charge in [0, 0.05) is 42.3 Å². The molecule has 1 amide bonds. The molecule has 2 bridgehead atoms. The summed E-state index contributed by atoms with van der Waals surface area (Å²) < 4.78 is 5.71. The lowest BCUT2D eigenvalue weighted by molar-refractivity contribution is -0.143. The second kappa shape index (κ2) is 5.33. The zero-order valence-electron chi connectivity index (χ0n) is 14.8. The van der Waals surface area contributed by atoms with Crippen LogP contribution in [0.3, 0.4) is 0 Å². The molecular weight excluding hydrogens is 314 g/mol. The summed E-state index contributed by atoms with van der Waals surface area (Å²) in [6, 6.07) is 6.51. The molecular formula is C21H25NO3. The van der Waals surface area contributed by atoms with E-state index in [0.717, 1.165) is 44.4 Å². The molecule has 0 unspecified atom stereocenters. The molecule has 1 aliphatic heterocycles. The summed E-state index contributed by atoms with van der Waals surface area (Å²) >= 11 is 0. The molecule has 3 aliphatic carbocycles. The monoisotopic (exact) mass is 339 g/mol. The fourth-order valence-corrected chi connectivity index (χ4v) is 5.90. The Morgan fingerprint density at radius 2 is 2.12 bits per heavy atom. The minimum Gasteiger partial charge on any atom is -0.496 e. The van der Waals surface area contributed by atoms with E-state index >= 15 is 0 Å². The standard InChI is InChI=1S/C21H25NO3/c1-25-18-4-2-3-14-11-17-16-8-7-15(23)12-21(16,19(14)18)9-10-22(17)20(24)13-5-6-13/h2-4,13,16-17H,5-12H2,1H3/t16-,17+,21-/m0/s1. The van der Waals surface area contributed by atoms with Gasteiger partial charge in [-0.3, -0.25) is 9.59 Å². The Hall–Kier alpha value is -1.84. The van der Waals surface area contributed by atoms with E-state index in [1.54, 1.807) is 7.11 Å². The van der Waals surface area contributed by atoms with Crippen LogP contribution in [0.2, 0.25) is 0 Å². The van der Waals surface area contributed by atoms with Crippen LogP contribution in [0.4, 0.5) is 0 Å². The van der Waals surface area contributed by atoms with Crippen LogP contribution >= 0.6 is 0 Å². The number of amides is 1. The van der Waals surface area contributed by atoms with Gasteiger partial charge in [0.2, 0.25) is 5.91 Å². The molecule has 0 aromatic heterocycles. The fraction of sp³-hybridized carbons (Fsp3) is 0.619. The highest BCUT2D eigenvalue weighted by atomic mass is 16.5. The van der Waals surface area contributed by atoms with E-state index in [0.29, 0.717) is 30.4 Å². The topological polar surface area (TPSA) is 46.6 Å². The van der Waals surface area contributed by atoms with Gasteiger partial charge in [0.25, 0.3) is 0 Å². The number of rotatable bonds is 2.